The Morgan fingerprint density at radius 2 is 2.19 bits per heavy atom. The van der Waals surface area contributed by atoms with E-state index in [1.54, 1.807) is 11.8 Å². The maximum Gasteiger partial charge on any atom is 0.317 e. The first kappa shape index (κ1) is 12.6. The molecule has 1 N–H and O–H groups in total. The molecule has 0 bridgehead atoms. The van der Waals surface area contributed by atoms with Gasteiger partial charge in [-0.3, -0.25) is 9.69 Å². The third kappa shape index (κ3) is 4.39. The van der Waals surface area contributed by atoms with Crippen molar-refractivity contribution in [3.63, 3.8) is 0 Å². The average Bonchev–Trinajstić information content (AvgIpc) is 2.48. The summed E-state index contributed by atoms with van der Waals surface area (Å²) in [4.78, 5) is 12.5. The number of carboxylic acids is 1. The predicted octanol–water partition coefficient (Wildman–Crippen LogP) is 0.921. The Hall–Kier alpha value is -1.43. The second-order valence-corrected chi connectivity index (χ2v) is 4.17. The second kappa shape index (κ2) is 5.60. The number of hydrogen-bond donors (Lipinski definition) is 1. The van der Waals surface area contributed by atoms with Crippen molar-refractivity contribution in [2.24, 2.45) is 5.92 Å². The molecule has 16 heavy (non-hydrogen) atoms. The maximum absolute atomic E-state index is 10.7. The van der Waals surface area contributed by atoms with Crippen molar-refractivity contribution in [1.82, 2.24) is 15.1 Å². The summed E-state index contributed by atoms with van der Waals surface area (Å²) < 4.78 is 5.22. The molecule has 0 spiro atoms. The fourth-order valence-electron chi connectivity index (χ4n) is 1.49. The molecule has 0 radical (unpaired) electrons. The normalized spacial score (nSPS) is 11.3. The van der Waals surface area contributed by atoms with E-state index in [0.717, 1.165) is 0 Å². The van der Waals surface area contributed by atoms with Crippen LogP contribution in [0.25, 0.3) is 0 Å². The number of rotatable bonds is 6. The van der Waals surface area contributed by atoms with E-state index in [1.807, 2.05) is 13.8 Å². The summed E-state index contributed by atoms with van der Waals surface area (Å²) in [7, 11) is 0. The van der Waals surface area contributed by atoms with E-state index in [-0.39, 0.29) is 6.54 Å². The summed E-state index contributed by atoms with van der Waals surface area (Å²) in [5.41, 5.74) is 0. The quantitative estimate of drug-likeness (QED) is 0.778. The molecule has 1 aromatic rings. The van der Waals surface area contributed by atoms with Gasteiger partial charge in [0.1, 0.15) is 0 Å². The van der Waals surface area contributed by atoms with Crippen molar-refractivity contribution in [1.29, 1.82) is 0 Å². The zero-order valence-electron chi connectivity index (χ0n) is 9.80. The third-order valence-corrected chi connectivity index (χ3v) is 1.91. The molecule has 90 valence electrons. The predicted molar refractivity (Wildman–Crippen MR) is 56.8 cm³/mol. The molecule has 1 heterocycles. The summed E-state index contributed by atoms with van der Waals surface area (Å²) in [6.07, 6.45) is 0. The molecule has 6 heteroatoms. The molecule has 0 unspecified atom stereocenters. The summed E-state index contributed by atoms with van der Waals surface area (Å²) in [6.45, 7) is 6.83. The van der Waals surface area contributed by atoms with Gasteiger partial charge >= 0.3 is 5.97 Å². The second-order valence-electron chi connectivity index (χ2n) is 4.17. The van der Waals surface area contributed by atoms with Crippen LogP contribution in [0, 0.1) is 12.8 Å². The molecule has 0 atom stereocenters. The number of nitrogens with zero attached hydrogens (tertiary/aromatic N) is 3. The molecular weight excluding hydrogens is 210 g/mol. The van der Waals surface area contributed by atoms with Gasteiger partial charge in [0.05, 0.1) is 13.1 Å². The molecule has 0 amide bonds. The van der Waals surface area contributed by atoms with Crippen LogP contribution in [-0.2, 0) is 11.3 Å². The SMILES string of the molecule is Cc1nnc(CN(CC(=O)O)CC(C)C)o1. The average molecular weight is 227 g/mol. The first-order valence-corrected chi connectivity index (χ1v) is 5.20. The van der Waals surface area contributed by atoms with Crippen molar-refractivity contribution in [3.05, 3.63) is 11.8 Å². The Labute approximate surface area is 94.3 Å². The van der Waals surface area contributed by atoms with Gasteiger partial charge in [-0.25, -0.2) is 0 Å². The summed E-state index contributed by atoms with van der Waals surface area (Å²) in [5.74, 6) is 0.495. The molecule has 0 aliphatic carbocycles. The summed E-state index contributed by atoms with van der Waals surface area (Å²) in [6, 6.07) is 0. The Kier molecular flexibility index (Phi) is 4.42. The van der Waals surface area contributed by atoms with Crippen LogP contribution in [0.15, 0.2) is 4.42 Å². The molecule has 1 aromatic heterocycles. The highest BCUT2D eigenvalue weighted by molar-refractivity contribution is 5.69. The largest absolute Gasteiger partial charge is 0.480 e. The van der Waals surface area contributed by atoms with Crippen LogP contribution in [0.3, 0.4) is 0 Å². The molecule has 0 fully saturated rings. The highest BCUT2D eigenvalue weighted by atomic mass is 16.4. The van der Waals surface area contributed by atoms with E-state index in [0.29, 0.717) is 30.8 Å². The van der Waals surface area contributed by atoms with Gasteiger partial charge in [-0.15, -0.1) is 10.2 Å². The standard InChI is InChI=1S/C10H17N3O3/c1-7(2)4-13(6-10(14)15)5-9-12-11-8(3)16-9/h7H,4-6H2,1-3H3,(H,14,15). The number of aromatic nitrogens is 2. The van der Waals surface area contributed by atoms with Crippen molar-refractivity contribution in [3.8, 4) is 0 Å². The Bertz CT molecular complexity index is 349. The van der Waals surface area contributed by atoms with E-state index in [4.69, 9.17) is 9.52 Å². The number of hydrogen-bond acceptors (Lipinski definition) is 5. The fraction of sp³-hybridized carbons (Fsp3) is 0.700. The first-order chi connectivity index (χ1) is 7.47. The van der Waals surface area contributed by atoms with Crippen LogP contribution in [0.2, 0.25) is 0 Å². The smallest absolute Gasteiger partial charge is 0.317 e. The molecule has 0 aliphatic rings. The monoisotopic (exact) mass is 227 g/mol. The minimum absolute atomic E-state index is 0.0143. The van der Waals surface area contributed by atoms with Gasteiger partial charge in [0.15, 0.2) is 0 Å². The Morgan fingerprint density at radius 1 is 1.50 bits per heavy atom. The van der Waals surface area contributed by atoms with E-state index in [2.05, 4.69) is 10.2 Å². The fourth-order valence-corrected chi connectivity index (χ4v) is 1.49. The van der Waals surface area contributed by atoms with Gasteiger partial charge in [-0.05, 0) is 5.92 Å². The van der Waals surface area contributed by atoms with Crippen LogP contribution in [-0.4, -0.2) is 39.3 Å². The molecular formula is C10H17N3O3. The zero-order chi connectivity index (χ0) is 12.1. The van der Waals surface area contributed by atoms with Gasteiger partial charge in [0.25, 0.3) is 0 Å². The summed E-state index contributed by atoms with van der Waals surface area (Å²) in [5, 5.41) is 16.3. The van der Waals surface area contributed by atoms with Gasteiger partial charge < -0.3 is 9.52 Å². The lowest BCUT2D eigenvalue weighted by Gasteiger charge is -2.20. The molecule has 0 aromatic carbocycles. The topological polar surface area (TPSA) is 79.5 Å². The molecule has 0 aliphatic heterocycles. The number of aliphatic carboxylic acids is 1. The molecule has 0 saturated heterocycles. The van der Waals surface area contributed by atoms with Crippen molar-refractivity contribution < 1.29 is 14.3 Å². The van der Waals surface area contributed by atoms with Gasteiger partial charge in [0, 0.05) is 13.5 Å². The molecule has 1 rings (SSSR count). The van der Waals surface area contributed by atoms with Crippen LogP contribution >= 0.6 is 0 Å². The van der Waals surface area contributed by atoms with Crippen LogP contribution in [0.4, 0.5) is 0 Å². The van der Waals surface area contributed by atoms with E-state index in [1.165, 1.54) is 0 Å². The minimum Gasteiger partial charge on any atom is -0.480 e. The Morgan fingerprint density at radius 3 is 2.62 bits per heavy atom. The lowest BCUT2D eigenvalue weighted by molar-refractivity contribution is -0.138. The van der Waals surface area contributed by atoms with Gasteiger partial charge in [-0.2, -0.15) is 0 Å². The lowest BCUT2D eigenvalue weighted by Crippen LogP contribution is -2.32. The number of carbonyl (C=O) groups is 1. The van der Waals surface area contributed by atoms with E-state index in [9.17, 15) is 4.79 Å². The van der Waals surface area contributed by atoms with Crippen LogP contribution in [0.5, 0.6) is 0 Å². The minimum atomic E-state index is -0.850. The van der Waals surface area contributed by atoms with Gasteiger partial charge in [-0.1, -0.05) is 13.8 Å². The van der Waals surface area contributed by atoms with Crippen molar-refractivity contribution in [2.45, 2.75) is 27.3 Å². The first-order valence-electron chi connectivity index (χ1n) is 5.20. The van der Waals surface area contributed by atoms with Crippen LogP contribution in [0.1, 0.15) is 25.6 Å². The zero-order valence-corrected chi connectivity index (χ0v) is 9.80. The van der Waals surface area contributed by atoms with E-state index < -0.39 is 5.97 Å². The molecule has 0 saturated carbocycles. The molecule has 6 nitrogen and oxygen atoms in total. The van der Waals surface area contributed by atoms with E-state index >= 15 is 0 Å². The summed E-state index contributed by atoms with van der Waals surface area (Å²) >= 11 is 0. The Balaban J connectivity index is 2.58. The van der Waals surface area contributed by atoms with Crippen LogP contribution < -0.4 is 0 Å². The number of aryl methyl sites for hydroxylation is 1. The third-order valence-electron chi connectivity index (χ3n) is 1.91. The maximum atomic E-state index is 10.7. The van der Waals surface area contributed by atoms with Gasteiger partial charge in [0.2, 0.25) is 11.8 Å². The van der Waals surface area contributed by atoms with Crippen molar-refractivity contribution in [2.75, 3.05) is 13.1 Å². The van der Waals surface area contributed by atoms with Crippen molar-refractivity contribution >= 4 is 5.97 Å². The number of carboxylic acid groups (broad SMARTS) is 1. The lowest BCUT2D eigenvalue weighted by atomic mass is 10.2. The highest BCUT2D eigenvalue weighted by Crippen LogP contribution is 2.06. The highest BCUT2D eigenvalue weighted by Gasteiger charge is 2.14.